The van der Waals surface area contributed by atoms with Crippen LogP contribution in [0.25, 0.3) is 10.9 Å². The number of fused-ring (bicyclic) bond motifs is 1. The lowest BCUT2D eigenvalue weighted by Gasteiger charge is -2.12. The molecule has 1 aromatic heterocycles. The summed E-state index contributed by atoms with van der Waals surface area (Å²) in [5.41, 5.74) is 1.63. The van der Waals surface area contributed by atoms with Gasteiger partial charge in [-0.15, -0.1) is 0 Å². The number of carbonyl (C=O) groups is 1. The summed E-state index contributed by atoms with van der Waals surface area (Å²) < 4.78 is 10.9. The molecule has 2 unspecified atom stereocenters. The Hall–Kier alpha value is -1.81. The van der Waals surface area contributed by atoms with Gasteiger partial charge >= 0.3 is 0 Å². The van der Waals surface area contributed by atoms with E-state index in [9.17, 15) is 4.79 Å². The van der Waals surface area contributed by atoms with Crippen molar-refractivity contribution in [1.29, 1.82) is 0 Å². The minimum Gasteiger partial charge on any atom is -0.496 e. The molecule has 100 valence electrons. The van der Waals surface area contributed by atoms with Crippen LogP contribution >= 0.6 is 0 Å². The van der Waals surface area contributed by atoms with E-state index < -0.39 is 0 Å². The smallest absolute Gasteiger partial charge is 0.170 e. The van der Waals surface area contributed by atoms with Gasteiger partial charge in [0, 0.05) is 23.9 Å². The molecule has 1 aliphatic rings. The molecule has 4 heteroatoms. The number of ether oxygens (including phenoxy) is 2. The normalized spacial score (nSPS) is 22.8. The zero-order valence-corrected chi connectivity index (χ0v) is 11.1. The minimum absolute atomic E-state index is 0.00726. The maximum Gasteiger partial charge on any atom is 0.170 e. The third-order valence-electron chi connectivity index (χ3n) is 3.87. The molecule has 0 spiro atoms. The fourth-order valence-corrected chi connectivity index (χ4v) is 2.79. The predicted octanol–water partition coefficient (Wildman–Crippen LogP) is 2.78. The van der Waals surface area contributed by atoms with Crippen molar-refractivity contribution in [3.8, 4) is 5.75 Å². The number of nitrogens with one attached hydrogen (secondary N) is 1. The van der Waals surface area contributed by atoms with Crippen molar-refractivity contribution in [1.82, 2.24) is 4.98 Å². The SMILES string of the molecule is COc1cccc2[nH]cc(C(=O)C3CCOC3C)c12. The van der Waals surface area contributed by atoms with Crippen LogP contribution < -0.4 is 4.74 Å². The molecule has 0 saturated carbocycles. The second-order valence-electron chi connectivity index (χ2n) is 4.92. The maximum absolute atomic E-state index is 12.6. The van der Waals surface area contributed by atoms with Crippen molar-refractivity contribution in [3.63, 3.8) is 0 Å². The quantitative estimate of drug-likeness (QED) is 0.862. The van der Waals surface area contributed by atoms with E-state index in [0.29, 0.717) is 12.2 Å². The number of H-pyrrole nitrogens is 1. The van der Waals surface area contributed by atoms with Crippen LogP contribution in [0.5, 0.6) is 5.75 Å². The number of methoxy groups -OCH3 is 1. The Bertz CT molecular complexity index is 617. The Balaban J connectivity index is 2.07. The van der Waals surface area contributed by atoms with Crippen LogP contribution in [0.15, 0.2) is 24.4 Å². The van der Waals surface area contributed by atoms with E-state index in [0.717, 1.165) is 23.1 Å². The van der Waals surface area contributed by atoms with E-state index in [1.54, 1.807) is 13.3 Å². The first kappa shape index (κ1) is 12.2. The second-order valence-corrected chi connectivity index (χ2v) is 4.92. The summed E-state index contributed by atoms with van der Waals surface area (Å²) >= 11 is 0. The molecule has 1 saturated heterocycles. The number of hydrogen-bond donors (Lipinski definition) is 1. The predicted molar refractivity (Wildman–Crippen MR) is 72.7 cm³/mol. The van der Waals surface area contributed by atoms with Crippen LogP contribution in [0.3, 0.4) is 0 Å². The zero-order chi connectivity index (χ0) is 13.4. The van der Waals surface area contributed by atoms with Crippen molar-refractivity contribution >= 4 is 16.7 Å². The molecule has 0 bridgehead atoms. The number of carbonyl (C=O) groups excluding carboxylic acids is 1. The van der Waals surface area contributed by atoms with Crippen molar-refractivity contribution in [2.75, 3.05) is 13.7 Å². The highest BCUT2D eigenvalue weighted by atomic mass is 16.5. The van der Waals surface area contributed by atoms with Gasteiger partial charge in [0.15, 0.2) is 5.78 Å². The van der Waals surface area contributed by atoms with Gasteiger partial charge in [-0.1, -0.05) is 6.07 Å². The van der Waals surface area contributed by atoms with Gasteiger partial charge in [0.2, 0.25) is 0 Å². The number of Topliss-reactive ketones (excluding diaryl/α,β-unsaturated/α-hetero) is 1. The molecule has 2 aromatic rings. The average Bonchev–Trinajstić information content (AvgIpc) is 3.03. The van der Waals surface area contributed by atoms with Crippen LogP contribution in [0.4, 0.5) is 0 Å². The molecule has 0 aliphatic carbocycles. The monoisotopic (exact) mass is 259 g/mol. The fraction of sp³-hybridized carbons (Fsp3) is 0.400. The molecule has 3 rings (SSSR count). The zero-order valence-electron chi connectivity index (χ0n) is 11.1. The Morgan fingerprint density at radius 2 is 2.32 bits per heavy atom. The molecule has 1 N–H and O–H groups in total. The number of aromatic amines is 1. The van der Waals surface area contributed by atoms with E-state index >= 15 is 0 Å². The molecular formula is C15H17NO3. The van der Waals surface area contributed by atoms with E-state index in [1.807, 2.05) is 25.1 Å². The Morgan fingerprint density at radius 1 is 1.47 bits per heavy atom. The highest BCUT2D eigenvalue weighted by Gasteiger charge is 2.32. The van der Waals surface area contributed by atoms with Crippen LogP contribution in [0.2, 0.25) is 0 Å². The van der Waals surface area contributed by atoms with E-state index in [2.05, 4.69) is 4.98 Å². The van der Waals surface area contributed by atoms with Crippen LogP contribution in [0, 0.1) is 5.92 Å². The molecule has 1 aromatic carbocycles. The summed E-state index contributed by atoms with van der Waals surface area (Å²) in [6, 6.07) is 5.73. The van der Waals surface area contributed by atoms with Crippen LogP contribution in [-0.4, -0.2) is 30.6 Å². The van der Waals surface area contributed by atoms with Gasteiger partial charge < -0.3 is 14.5 Å². The standard InChI is InChI=1S/C15H17NO3/c1-9-10(6-7-19-9)15(17)11-8-16-12-4-3-5-13(18-2)14(11)12/h3-5,8-10,16H,6-7H2,1-2H3. The van der Waals surface area contributed by atoms with E-state index in [-0.39, 0.29) is 17.8 Å². The number of hydrogen-bond acceptors (Lipinski definition) is 3. The molecular weight excluding hydrogens is 242 g/mol. The highest BCUT2D eigenvalue weighted by Crippen LogP contribution is 2.32. The topological polar surface area (TPSA) is 51.3 Å². The van der Waals surface area contributed by atoms with E-state index in [1.165, 1.54) is 0 Å². The lowest BCUT2D eigenvalue weighted by molar-refractivity contribution is 0.0765. The first-order valence-electron chi connectivity index (χ1n) is 6.52. The Kier molecular flexibility index (Phi) is 3.03. The van der Waals surface area contributed by atoms with Gasteiger partial charge in [-0.3, -0.25) is 4.79 Å². The van der Waals surface area contributed by atoms with Gasteiger partial charge in [0.1, 0.15) is 5.75 Å². The number of benzene rings is 1. The first-order chi connectivity index (χ1) is 9.22. The molecule has 2 atom stereocenters. The number of ketones is 1. The van der Waals surface area contributed by atoms with Crippen LogP contribution in [0.1, 0.15) is 23.7 Å². The summed E-state index contributed by atoms with van der Waals surface area (Å²) in [5, 5.41) is 0.870. The Morgan fingerprint density at radius 3 is 3.00 bits per heavy atom. The van der Waals surface area contributed by atoms with Gasteiger partial charge in [0.05, 0.1) is 24.5 Å². The van der Waals surface area contributed by atoms with Crippen LogP contribution in [-0.2, 0) is 4.74 Å². The van der Waals surface area contributed by atoms with Crippen molar-refractivity contribution in [2.45, 2.75) is 19.4 Å². The number of rotatable bonds is 3. The van der Waals surface area contributed by atoms with Crippen molar-refractivity contribution in [2.24, 2.45) is 5.92 Å². The molecule has 0 radical (unpaired) electrons. The minimum atomic E-state index is -0.0519. The lowest BCUT2D eigenvalue weighted by Crippen LogP contribution is -2.21. The highest BCUT2D eigenvalue weighted by molar-refractivity contribution is 6.11. The summed E-state index contributed by atoms with van der Waals surface area (Å²) in [6.45, 7) is 2.62. The summed E-state index contributed by atoms with van der Waals surface area (Å²) in [7, 11) is 1.62. The molecule has 1 aliphatic heterocycles. The largest absolute Gasteiger partial charge is 0.496 e. The van der Waals surface area contributed by atoms with Gasteiger partial charge in [-0.2, -0.15) is 0 Å². The summed E-state index contributed by atoms with van der Waals surface area (Å²) in [4.78, 5) is 15.8. The molecule has 2 heterocycles. The van der Waals surface area contributed by atoms with E-state index in [4.69, 9.17) is 9.47 Å². The summed E-state index contributed by atoms with van der Waals surface area (Å²) in [6.07, 6.45) is 2.56. The average molecular weight is 259 g/mol. The van der Waals surface area contributed by atoms with Gasteiger partial charge in [-0.05, 0) is 25.5 Å². The molecule has 1 fully saturated rings. The number of aromatic nitrogens is 1. The maximum atomic E-state index is 12.6. The molecule has 4 nitrogen and oxygen atoms in total. The first-order valence-corrected chi connectivity index (χ1v) is 6.52. The van der Waals surface area contributed by atoms with Crippen molar-refractivity contribution < 1.29 is 14.3 Å². The summed E-state index contributed by atoms with van der Waals surface area (Å²) in [5.74, 6) is 0.818. The molecule has 19 heavy (non-hydrogen) atoms. The van der Waals surface area contributed by atoms with Gasteiger partial charge in [0.25, 0.3) is 0 Å². The lowest BCUT2D eigenvalue weighted by atomic mass is 9.92. The van der Waals surface area contributed by atoms with Crippen molar-refractivity contribution in [3.05, 3.63) is 30.0 Å². The van der Waals surface area contributed by atoms with Gasteiger partial charge in [-0.25, -0.2) is 0 Å². The fourth-order valence-electron chi connectivity index (χ4n) is 2.79. The Labute approximate surface area is 111 Å². The third kappa shape index (κ3) is 1.92. The third-order valence-corrected chi connectivity index (χ3v) is 3.87. The molecule has 0 amide bonds. The second kappa shape index (κ2) is 4.70.